The van der Waals surface area contributed by atoms with Crippen LogP contribution in [-0.2, 0) is 0 Å². The fourth-order valence-electron chi connectivity index (χ4n) is 1.26. The molecule has 69 valence electrons. The number of hydrogen-bond acceptors (Lipinski definition) is 0. The highest BCUT2D eigenvalue weighted by Gasteiger charge is 1.98. The van der Waals surface area contributed by atoms with Crippen molar-refractivity contribution in [1.29, 1.82) is 0 Å². The van der Waals surface area contributed by atoms with E-state index in [-0.39, 0.29) is 5.82 Å². The molecule has 0 unspecified atom stereocenters. The van der Waals surface area contributed by atoms with Crippen LogP contribution in [-0.4, -0.2) is 0 Å². The summed E-state index contributed by atoms with van der Waals surface area (Å²) in [4.78, 5) is 0. The first-order valence-electron chi connectivity index (χ1n) is 4.19. The van der Waals surface area contributed by atoms with Crippen molar-refractivity contribution in [3.05, 3.63) is 59.4 Å². The minimum absolute atomic E-state index is 0.234. The summed E-state index contributed by atoms with van der Waals surface area (Å²) in [5, 5.41) is 0.562. The number of hydrogen-bond donors (Lipinski definition) is 0. The quantitative estimate of drug-likeness (QED) is 0.662. The standard InChI is InChI=1S/C12H7ClF/c13-11-3-1-2-10(8-11)9-4-6-12(14)7-5-9/h1-2,4-8H. The average molecular weight is 206 g/mol. The Kier molecular flexibility index (Phi) is 2.51. The first kappa shape index (κ1) is 9.22. The van der Waals surface area contributed by atoms with E-state index >= 15 is 0 Å². The first-order chi connectivity index (χ1) is 6.75. The van der Waals surface area contributed by atoms with Crippen molar-refractivity contribution in [3.63, 3.8) is 0 Å². The van der Waals surface area contributed by atoms with Crippen LogP contribution in [0.25, 0.3) is 11.1 Å². The molecule has 0 atom stereocenters. The molecule has 0 aliphatic rings. The molecule has 0 bridgehead atoms. The van der Waals surface area contributed by atoms with E-state index in [2.05, 4.69) is 6.07 Å². The summed E-state index contributed by atoms with van der Waals surface area (Å²) < 4.78 is 12.6. The molecule has 2 rings (SSSR count). The Labute approximate surface area is 87.0 Å². The molecule has 0 amide bonds. The van der Waals surface area contributed by atoms with Crippen LogP contribution in [0.5, 0.6) is 0 Å². The summed E-state index contributed by atoms with van der Waals surface area (Å²) >= 11 is 5.80. The molecule has 0 nitrogen and oxygen atoms in total. The molecule has 0 fully saturated rings. The Balaban J connectivity index is 2.44. The van der Waals surface area contributed by atoms with E-state index < -0.39 is 0 Å². The van der Waals surface area contributed by atoms with Crippen LogP contribution in [0.4, 0.5) is 4.39 Å². The van der Waals surface area contributed by atoms with Crippen LogP contribution in [0.2, 0.25) is 5.02 Å². The summed E-state index contributed by atoms with van der Waals surface area (Å²) in [5.74, 6) is -0.234. The molecule has 2 aromatic rings. The molecule has 14 heavy (non-hydrogen) atoms. The highest BCUT2D eigenvalue weighted by molar-refractivity contribution is 6.30. The molecule has 0 saturated heterocycles. The third-order valence-corrected chi connectivity index (χ3v) is 2.16. The summed E-state index contributed by atoms with van der Waals surface area (Å²) in [6.07, 6.45) is 0. The molecule has 0 spiro atoms. The highest BCUT2D eigenvalue weighted by Crippen LogP contribution is 2.22. The van der Waals surface area contributed by atoms with Gasteiger partial charge in [0, 0.05) is 11.1 Å². The van der Waals surface area contributed by atoms with Gasteiger partial charge in [0.1, 0.15) is 5.82 Å². The van der Waals surface area contributed by atoms with E-state index in [4.69, 9.17) is 11.6 Å². The van der Waals surface area contributed by atoms with Crippen LogP contribution >= 0.6 is 11.6 Å². The Morgan fingerprint density at radius 1 is 1.00 bits per heavy atom. The van der Waals surface area contributed by atoms with Crippen LogP contribution in [0.1, 0.15) is 0 Å². The van der Waals surface area contributed by atoms with Crippen molar-refractivity contribution in [3.8, 4) is 11.1 Å². The molecule has 0 heterocycles. The van der Waals surface area contributed by atoms with Gasteiger partial charge in [0.2, 0.25) is 0 Å². The first-order valence-corrected chi connectivity index (χ1v) is 4.57. The second-order valence-corrected chi connectivity index (χ2v) is 3.34. The molecule has 0 N–H and O–H groups in total. The SMILES string of the molecule is Fc1ccc(-c2cc[c]c(Cl)c2)cc1. The van der Waals surface area contributed by atoms with Crippen LogP contribution < -0.4 is 0 Å². The zero-order valence-corrected chi connectivity index (χ0v) is 8.05. The van der Waals surface area contributed by atoms with Gasteiger partial charge in [-0.15, -0.1) is 0 Å². The van der Waals surface area contributed by atoms with Gasteiger partial charge in [-0.2, -0.15) is 0 Å². The molecule has 2 aromatic carbocycles. The van der Waals surface area contributed by atoms with E-state index in [1.54, 1.807) is 24.3 Å². The van der Waals surface area contributed by atoms with Gasteiger partial charge in [0.05, 0.1) is 0 Å². The molecule has 0 aliphatic heterocycles. The predicted molar refractivity (Wildman–Crippen MR) is 55.7 cm³/mol. The topological polar surface area (TPSA) is 0 Å². The average Bonchev–Trinajstić information content (AvgIpc) is 2.19. The Hall–Kier alpha value is -1.34. The summed E-state index contributed by atoms with van der Waals surface area (Å²) in [6, 6.07) is 14.6. The Bertz CT molecular complexity index is 434. The van der Waals surface area contributed by atoms with Gasteiger partial charge >= 0.3 is 0 Å². The fourth-order valence-corrected chi connectivity index (χ4v) is 1.44. The maximum absolute atomic E-state index is 12.6. The Morgan fingerprint density at radius 3 is 2.36 bits per heavy atom. The van der Waals surface area contributed by atoms with E-state index in [1.807, 2.05) is 6.07 Å². The number of rotatable bonds is 1. The molecule has 0 aromatic heterocycles. The van der Waals surface area contributed by atoms with Crippen molar-refractivity contribution < 1.29 is 4.39 Å². The lowest BCUT2D eigenvalue weighted by Gasteiger charge is -2.01. The van der Waals surface area contributed by atoms with Crippen LogP contribution in [0.3, 0.4) is 0 Å². The largest absolute Gasteiger partial charge is 0.207 e. The number of halogens is 2. The van der Waals surface area contributed by atoms with Gasteiger partial charge in [-0.3, -0.25) is 0 Å². The van der Waals surface area contributed by atoms with Crippen molar-refractivity contribution in [2.45, 2.75) is 0 Å². The molecule has 2 heteroatoms. The Morgan fingerprint density at radius 2 is 1.71 bits per heavy atom. The van der Waals surface area contributed by atoms with E-state index in [9.17, 15) is 4.39 Å². The minimum Gasteiger partial charge on any atom is -0.207 e. The monoisotopic (exact) mass is 205 g/mol. The summed E-state index contributed by atoms with van der Waals surface area (Å²) in [5.41, 5.74) is 1.91. The van der Waals surface area contributed by atoms with Gasteiger partial charge in [-0.25, -0.2) is 4.39 Å². The lowest BCUT2D eigenvalue weighted by molar-refractivity contribution is 0.628. The predicted octanol–water partition coefficient (Wildman–Crippen LogP) is 3.95. The molecular formula is C12H7ClF. The third-order valence-electron chi connectivity index (χ3n) is 1.94. The lowest BCUT2D eigenvalue weighted by Crippen LogP contribution is -1.78. The smallest absolute Gasteiger partial charge is 0.123 e. The summed E-state index contributed by atoms with van der Waals surface area (Å²) in [7, 11) is 0. The van der Waals surface area contributed by atoms with E-state index in [0.29, 0.717) is 5.02 Å². The molecule has 0 aliphatic carbocycles. The zero-order valence-electron chi connectivity index (χ0n) is 7.30. The second-order valence-electron chi connectivity index (χ2n) is 2.93. The van der Waals surface area contributed by atoms with Crippen LogP contribution in [0.15, 0.2) is 42.5 Å². The van der Waals surface area contributed by atoms with Gasteiger partial charge < -0.3 is 0 Å². The molecule has 0 saturated carbocycles. The van der Waals surface area contributed by atoms with Crippen molar-refractivity contribution in [2.75, 3.05) is 0 Å². The molecule has 1 radical (unpaired) electrons. The normalized spacial score (nSPS) is 10.1. The van der Waals surface area contributed by atoms with Gasteiger partial charge in [0.25, 0.3) is 0 Å². The third kappa shape index (κ3) is 1.94. The van der Waals surface area contributed by atoms with E-state index in [1.165, 1.54) is 12.1 Å². The minimum atomic E-state index is -0.234. The van der Waals surface area contributed by atoms with Crippen molar-refractivity contribution in [2.24, 2.45) is 0 Å². The maximum atomic E-state index is 12.6. The maximum Gasteiger partial charge on any atom is 0.123 e. The van der Waals surface area contributed by atoms with Gasteiger partial charge in [-0.05, 0) is 29.3 Å². The second kappa shape index (κ2) is 3.81. The lowest BCUT2D eigenvalue weighted by atomic mass is 10.1. The van der Waals surface area contributed by atoms with Gasteiger partial charge in [0.15, 0.2) is 0 Å². The van der Waals surface area contributed by atoms with Gasteiger partial charge in [-0.1, -0.05) is 35.9 Å². The van der Waals surface area contributed by atoms with Crippen LogP contribution in [0, 0.1) is 11.9 Å². The highest BCUT2D eigenvalue weighted by atomic mass is 35.5. The number of benzene rings is 2. The fraction of sp³-hybridized carbons (Fsp3) is 0. The van der Waals surface area contributed by atoms with Crippen molar-refractivity contribution in [1.82, 2.24) is 0 Å². The summed E-state index contributed by atoms with van der Waals surface area (Å²) in [6.45, 7) is 0. The van der Waals surface area contributed by atoms with Crippen molar-refractivity contribution >= 4 is 11.6 Å². The zero-order chi connectivity index (χ0) is 9.97. The van der Waals surface area contributed by atoms with E-state index in [0.717, 1.165) is 11.1 Å². The molecular weight excluding hydrogens is 199 g/mol.